The van der Waals surface area contributed by atoms with Gasteiger partial charge < -0.3 is 5.32 Å². The van der Waals surface area contributed by atoms with Crippen LogP contribution in [0, 0.1) is 11.3 Å². The van der Waals surface area contributed by atoms with E-state index >= 15 is 0 Å². The smallest absolute Gasteiger partial charge is 0.00153 e. The van der Waals surface area contributed by atoms with Crippen molar-refractivity contribution in [1.29, 1.82) is 0 Å². The van der Waals surface area contributed by atoms with E-state index in [-0.39, 0.29) is 0 Å². The van der Waals surface area contributed by atoms with Crippen molar-refractivity contribution in [1.82, 2.24) is 5.32 Å². The Hall–Kier alpha value is -0.0400. The number of piperidine rings is 1. The quantitative estimate of drug-likeness (QED) is 0.634. The molecule has 16 heavy (non-hydrogen) atoms. The van der Waals surface area contributed by atoms with Gasteiger partial charge >= 0.3 is 0 Å². The fourth-order valence-corrected chi connectivity index (χ4v) is 3.33. The summed E-state index contributed by atoms with van der Waals surface area (Å²) in [5, 5.41) is 3.59. The zero-order valence-corrected chi connectivity index (χ0v) is 11.6. The SMILES string of the molecule is CCCCCC(C)(CCC)C1CCCNC1. The molecule has 1 fully saturated rings. The topological polar surface area (TPSA) is 12.0 Å². The lowest BCUT2D eigenvalue weighted by Crippen LogP contribution is -2.39. The van der Waals surface area contributed by atoms with Crippen LogP contribution in [0.3, 0.4) is 0 Å². The molecule has 0 amide bonds. The van der Waals surface area contributed by atoms with Gasteiger partial charge in [0.05, 0.1) is 0 Å². The lowest BCUT2D eigenvalue weighted by atomic mass is 9.68. The van der Waals surface area contributed by atoms with Gasteiger partial charge in [-0.3, -0.25) is 0 Å². The van der Waals surface area contributed by atoms with Crippen LogP contribution < -0.4 is 5.32 Å². The van der Waals surface area contributed by atoms with Crippen LogP contribution in [0.2, 0.25) is 0 Å². The molecule has 0 radical (unpaired) electrons. The zero-order valence-electron chi connectivity index (χ0n) is 11.6. The summed E-state index contributed by atoms with van der Waals surface area (Å²) in [6, 6.07) is 0. The fraction of sp³-hybridized carbons (Fsp3) is 1.00. The number of unbranched alkanes of at least 4 members (excludes halogenated alkanes) is 2. The van der Waals surface area contributed by atoms with E-state index in [9.17, 15) is 0 Å². The minimum atomic E-state index is 0.608. The average molecular weight is 225 g/mol. The van der Waals surface area contributed by atoms with Crippen molar-refractivity contribution < 1.29 is 0 Å². The van der Waals surface area contributed by atoms with Crippen LogP contribution in [0.5, 0.6) is 0 Å². The maximum Gasteiger partial charge on any atom is -0.00153 e. The molecular weight excluding hydrogens is 194 g/mol. The summed E-state index contributed by atoms with van der Waals surface area (Å²) in [6.45, 7) is 9.70. The van der Waals surface area contributed by atoms with E-state index in [0.29, 0.717) is 5.41 Å². The first-order valence-electron chi connectivity index (χ1n) is 7.43. The largest absolute Gasteiger partial charge is 0.316 e. The van der Waals surface area contributed by atoms with Crippen LogP contribution in [-0.4, -0.2) is 13.1 Å². The third kappa shape index (κ3) is 4.08. The highest BCUT2D eigenvalue weighted by Gasteiger charge is 2.33. The normalized spacial score (nSPS) is 25.3. The van der Waals surface area contributed by atoms with Gasteiger partial charge in [-0.2, -0.15) is 0 Å². The van der Waals surface area contributed by atoms with Crippen molar-refractivity contribution in [3.05, 3.63) is 0 Å². The van der Waals surface area contributed by atoms with Crippen molar-refractivity contribution in [3.8, 4) is 0 Å². The molecule has 0 aromatic carbocycles. The predicted octanol–water partition coefficient (Wildman–Crippen LogP) is 4.37. The maximum atomic E-state index is 3.59. The Balaban J connectivity index is 2.47. The molecule has 1 nitrogen and oxygen atoms in total. The standard InChI is InChI=1S/C15H31N/c1-4-6-7-11-15(3,10-5-2)14-9-8-12-16-13-14/h14,16H,4-13H2,1-3H3. The predicted molar refractivity (Wildman–Crippen MR) is 72.8 cm³/mol. The molecule has 0 aromatic heterocycles. The van der Waals surface area contributed by atoms with Crippen molar-refractivity contribution in [3.63, 3.8) is 0 Å². The maximum absolute atomic E-state index is 3.59. The molecule has 0 aliphatic carbocycles. The first kappa shape index (κ1) is 14.0. The molecule has 2 atom stereocenters. The molecule has 1 aliphatic rings. The van der Waals surface area contributed by atoms with Crippen LogP contribution in [0.1, 0.15) is 72.1 Å². The monoisotopic (exact) mass is 225 g/mol. The van der Waals surface area contributed by atoms with E-state index < -0.39 is 0 Å². The number of nitrogens with one attached hydrogen (secondary N) is 1. The van der Waals surface area contributed by atoms with Crippen LogP contribution in [0.25, 0.3) is 0 Å². The molecule has 1 N–H and O–H groups in total. The summed E-state index contributed by atoms with van der Waals surface area (Å²) in [4.78, 5) is 0. The van der Waals surface area contributed by atoms with Crippen molar-refractivity contribution in [2.45, 2.75) is 72.1 Å². The lowest BCUT2D eigenvalue weighted by molar-refractivity contribution is 0.119. The summed E-state index contributed by atoms with van der Waals surface area (Å²) in [5.74, 6) is 0.929. The van der Waals surface area contributed by atoms with Crippen molar-refractivity contribution in [2.24, 2.45) is 11.3 Å². The van der Waals surface area contributed by atoms with Gasteiger partial charge in [0.2, 0.25) is 0 Å². The molecule has 0 bridgehead atoms. The molecule has 0 aromatic rings. The van der Waals surface area contributed by atoms with Gasteiger partial charge in [-0.15, -0.1) is 0 Å². The Morgan fingerprint density at radius 3 is 2.50 bits per heavy atom. The second kappa shape index (κ2) is 7.32. The molecule has 2 unspecified atom stereocenters. The highest BCUT2D eigenvalue weighted by Crippen LogP contribution is 2.40. The highest BCUT2D eigenvalue weighted by molar-refractivity contribution is 4.86. The summed E-state index contributed by atoms with van der Waals surface area (Å²) in [5.41, 5.74) is 0.608. The van der Waals surface area contributed by atoms with Gasteiger partial charge in [-0.1, -0.05) is 46.5 Å². The Bertz CT molecular complexity index is 172. The molecule has 1 rings (SSSR count). The summed E-state index contributed by atoms with van der Waals surface area (Å²) in [7, 11) is 0. The van der Waals surface area contributed by atoms with Gasteiger partial charge in [0.1, 0.15) is 0 Å². The van der Waals surface area contributed by atoms with E-state index in [2.05, 4.69) is 26.1 Å². The van der Waals surface area contributed by atoms with Crippen LogP contribution in [0.15, 0.2) is 0 Å². The number of rotatable bonds is 7. The van der Waals surface area contributed by atoms with Crippen LogP contribution >= 0.6 is 0 Å². The van der Waals surface area contributed by atoms with Crippen LogP contribution in [-0.2, 0) is 0 Å². The van der Waals surface area contributed by atoms with Crippen LogP contribution in [0.4, 0.5) is 0 Å². The number of hydrogen-bond donors (Lipinski definition) is 1. The second-order valence-corrected chi connectivity index (χ2v) is 5.90. The third-order valence-electron chi connectivity index (χ3n) is 4.46. The van der Waals surface area contributed by atoms with Gasteiger partial charge in [0, 0.05) is 0 Å². The van der Waals surface area contributed by atoms with E-state index in [4.69, 9.17) is 0 Å². The Morgan fingerprint density at radius 2 is 1.94 bits per heavy atom. The first-order chi connectivity index (χ1) is 7.73. The fourth-order valence-electron chi connectivity index (χ4n) is 3.33. The minimum Gasteiger partial charge on any atom is -0.316 e. The van der Waals surface area contributed by atoms with Crippen molar-refractivity contribution in [2.75, 3.05) is 13.1 Å². The van der Waals surface area contributed by atoms with E-state index in [0.717, 1.165) is 5.92 Å². The Kier molecular flexibility index (Phi) is 6.41. The van der Waals surface area contributed by atoms with Gasteiger partial charge in [-0.25, -0.2) is 0 Å². The van der Waals surface area contributed by atoms with Crippen molar-refractivity contribution >= 4 is 0 Å². The van der Waals surface area contributed by atoms with Gasteiger partial charge in [0.25, 0.3) is 0 Å². The average Bonchev–Trinajstić information content (AvgIpc) is 2.31. The van der Waals surface area contributed by atoms with E-state index in [1.165, 1.54) is 64.5 Å². The summed E-state index contributed by atoms with van der Waals surface area (Å²) < 4.78 is 0. The van der Waals surface area contributed by atoms with E-state index in [1.807, 2.05) is 0 Å². The zero-order chi connectivity index (χ0) is 11.9. The highest BCUT2D eigenvalue weighted by atomic mass is 14.9. The molecular formula is C15H31N. The number of hydrogen-bond acceptors (Lipinski definition) is 1. The molecule has 1 heteroatoms. The molecule has 1 saturated heterocycles. The summed E-state index contributed by atoms with van der Waals surface area (Å²) >= 11 is 0. The molecule has 0 spiro atoms. The third-order valence-corrected chi connectivity index (χ3v) is 4.46. The molecule has 96 valence electrons. The molecule has 1 aliphatic heterocycles. The second-order valence-electron chi connectivity index (χ2n) is 5.90. The first-order valence-corrected chi connectivity index (χ1v) is 7.43. The minimum absolute atomic E-state index is 0.608. The summed E-state index contributed by atoms with van der Waals surface area (Å²) in [6.07, 6.45) is 11.3. The lowest BCUT2D eigenvalue weighted by Gasteiger charge is -2.40. The van der Waals surface area contributed by atoms with Gasteiger partial charge in [-0.05, 0) is 50.1 Å². The molecule has 0 saturated carbocycles. The molecule has 1 heterocycles. The Morgan fingerprint density at radius 1 is 1.12 bits per heavy atom. The van der Waals surface area contributed by atoms with Gasteiger partial charge in [0.15, 0.2) is 0 Å². The van der Waals surface area contributed by atoms with E-state index in [1.54, 1.807) is 0 Å². The Labute approximate surface area is 102 Å².